The fourth-order valence-corrected chi connectivity index (χ4v) is 3.48. The topological polar surface area (TPSA) is 60.0 Å². The van der Waals surface area contributed by atoms with Crippen LogP contribution in [-0.2, 0) is 4.74 Å². The van der Waals surface area contributed by atoms with Gasteiger partial charge in [-0.25, -0.2) is 0 Å². The second-order valence-electron chi connectivity index (χ2n) is 7.05. The number of carbonyl (C=O) groups excluding carboxylic acids is 1. The molecule has 0 saturated heterocycles. The molecule has 1 atom stereocenters. The quantitative estimate of drug-likeness (QED) is 0.598. The minimum absolute atomic E-state index is 0.0136. The number of ether oxygens (including phenoxy) is 3. The van der Waals surface area contributed by atoms with E-state index in [4.69, 9.17) is 14.2 Å². The van der Waals surface area contributed by atoms with Crippen molar-refractivity contribution in [1.29, 1.82) is 0 Å². The minimum Gasteiger partial charge on any atom is -0.493 e. The zero-order valence-electron chi connectivity index (χ0n) is 17.4. The van der Waals surface area contributed by atoms with Crippen LogP contribution in [0.3, 0.4) is 0 Å². The van der Waals surface area contributed by atoms with E-state index >= 15 is 0 Å². The Balaban J connectivity index is 1.87. The molecular formula is C23H30N2O4. The largest absolute Gasteiger partial charge is 0.493 e. The van der Waals surface area contributed by atoms with E-state index < -0.39 is 0 Å². The van der Waals surface area contributed by atoms with Crippen molar-refractivity contribution in [2.24, 2.45) is 0 Å². The molecule has 0 aliphatic carbocycles. The molecule has 1 amide bonds. The molecule has 1 unspecified atom stereocenters. The van der Waals surface area contributed by atoms with E-state index in [-0.39, 0.29) is 12.1 Å². The number of hydrogen-bond donors (Lipinski definition) is 1. The number of nitrogens with one attached hydrogen (secondary N) is 1. The lowest BCUT2D eigenvalue weighted by atomic mass is 10.0. The molecule has 0 spiro atoms. The first-order chi connectivity index (χ1) is 14.2. The van der Waals surface area contributed by atoms with Gasteiger partial charge in [0.15, 0.2) is 11.5 Å². The number of anilines is 1. The Morgan fingerprint density at radius 1 is 1.03 bits per heavy atom. The lowest BCUT2D eigenvalue weighted by Crippen LogP contribution is -2.44. The van der Waals surface area contributed by atoms with E-state index in [2.05, 4.69) is 12.2 Å². The van der Waals surface area contributed by atoms with Gasteiger partial charge in [0.2, 0.25) is 0 Å². The van der Waals surface area contributed by atoms with Crippen LogP contribution >= 0.6 is 0 Å². The number of para-hydroxylation sites is 1. The fourth-order valence-electron chi connectivity index (χ4n) is 3.48. The number of benzene rings is 2. The molecule has 2 aromatic rings. The summed E-state index contributed by atoms with van der Waals surface area (Å²) in [6.45, 7) is 3.78. The Kier molecular flexibility index (Phi) is 7.36. The smallest absolute Gasteiger partial charge is 0.257 e. The molecular weight excluding hydrogens is 368 g/mol. The molecule has 1 aliphatic rings. The highest BCUT2D eigenvalue weighted by Crippen LogP contribution is 2.36. The molecule has 6 heteroatoms. The molecule has 6 nitrogen and oxygen atoms in total. The molecule has 3 rings (SSSR count). The zero-order valence-corrected chi connectivity index (χ0v) is 17.4. The summed E-state index contributed by atoms with van der Waals surface area (Å²) in [4.78, 5) is 14.9. The predicted molar refractivity (Wildman–Crippen MR) is 114 cm³/mol. The summed E-state index contributed by atoms with van der Waals surface area (Å²) >= 11 is 0. The monoisotopic (exact) mass is 398 g/mol. The van der Waals surface area contributed by atoms with Crippen molar-refractivity contribution in [2.45, 2.75) is 32.4 Å². The second kappa shape index (κ2) is 10.2. The van der Waals surface area contributed by atoms with Gasteiger partial charge < -0.3 is 24.4 Å². The van der Waals surface area contributed by atoms with Crippen molar-refractivity contribution in [3.8, 4) is 11.5 Å². The number of methoxy groups -OCH3 is 2. The van der Waals surface area contributed by atoms with Crippen LogP contribution in [-0.4, -0.2) is 44.8 Å². The number of rotatable bonds is 10. The van der Waals surface area contributed by atoms with Crippen molar-refractivity contribution in [2.75, 3.05) is 39.3 Å². The Morgan fingerprint density at radius 2 is 1.86 bits per heavy atom. The van der Waals surface area contributed by atoms with Crippen LogP contribution in [0.5, 0.6) is 11.5 Å². The number of unbranched alkanes of at least 4 members (excludes halogenated alkanes) is 2. The van der Waals surface area contributed by atoms with Gasteiger partial charge in [-0.05, 0) is 36.2 Å². The van der Waals surface area contributed by atoms with Gasteiger partial charge in [0.1, 0.15) is 6.17 Å². The summed E-state index contributed by atoms with van der Waals surface area (Å²) in [5, 5.41) is 3.49. The van der Waals surface area contributed by atoms with Crippen molar-refractivity contribution in [3.05, 3.63) is 53.6 Å². The Labute approximate surface area is 172 Å². The maximum atomic E-state index is 13.1. The molecule has 1 heterocycles. The first kappa shape index (κ1) is 21.0. The highest BCUT2D eigenvalue weighted by atomic mass is 16.5. The summed E-state index contributed by atoms with van der Waals surface area (Å²) < 4.78 is 16.7. The van der Waals surface area contributed by atoms with Crippen LogP contribution in [0, 0.1) is 0 Å². The Hall–Kier alpha value is -2.73. The summed E-state index contributed by atoms with van der Waals surface area (Å²) in [6, 6.07) is 13.4. The van der Waals surface area contributed by atoms with Crippen LogP contribution in [0.4, 0.5) is 5.69 Å². The van der Waals surface area contributed by atoms with Gasteiger partial charge in [-0.3, -0.25) is 4.79 Å². The maximum absolute atomic E-state index is 13.1. The average Bonchev–Trinajstić information content (AvgIpc) is 2.76. The van der Waals surface area contributed by atoms with Gasteiger partial charge in [-0.2, -0.15) is 0 Å². The first-order valence-electron chi connectivity index (χ1n) is 10.2. The molecule has 156 valence electrons. The molecule has 0 aromatic heterocycles. The number of amides is 1. The van der Waals surface area contributed by atoms with E-state index in [0.29, 0.717) is 31.1 Å². The van der Waals surface area contributed by atoms with Gasteiger partial charge in [-0.1, -0.05) is 38.0 Å². The van der Waals surface area contributed by atoms with Crippen molar-refractivity contribution in [1.82, 2.24) is 4.90 Å². The lowest BCUT2D eigenvalue weighted by Gasteiger charge is -2.38. The van der Waals surface area contributed by atoms with Crippen LogP contribution < -0.4 is 14.8 Å². The van der Waals surface area contributed by atoms with Crippen molar-refractivity contribution >= 4 is 11.6 Å². The number of fused-ring (bicyclic) bond motifs is 1. The highest BCUT2D eigenvalue weighted by Gasteiger charge is 2.32. The molecule has 0 bridgehead atoms. The van der Waals surface area contributed by atoms with Gasteiger partial charge in [0.05, 0.1) is 25.9 Å². The maximum Gasteiger partial charge on any atom is 0.257 e. The number of hydrogen-bond acceptors (Lipinski definition) is 5. The van der Waals surface area contributed by atoms with Crippen LogP contribution in [0.15, 0.2) is 42.5 Å². The molecule has 1 aliphatic heterocycles. The van der Waals surface area contributed by atoms with Crippen LogP contribution in [0.25, 0.3) is 0 Å². The normalized spacial score (nSPS) is 15.6. The number of nitrogens with zero attached hydrogens (tertiary/aromatic N) is 1. The summed E-state index contributed by atoms with van der Waals surface area (Å²) in [5.74, 6) is 1.37. The summed E-state index contributed by atoms with van der Waals surface area (Å²) in [5.41, 5.74) is 2.43. The molecule has 1 N–H and O–H groups in total. The second-order valence-corrected chi connectivity index (χ2v) is 7.05. The van der Waals surface area contributed by atoms with E-state index in [1.54, 1.807) is 19.1 Å². The molecule has 0 fully saturated rings. The standard InChI is InChI=1S/C23H30N2O4/c1-4-5-8-14-29-20-12-11-17(16-21(20)28-3)22-24-19-10-7-6-9-18(19)23(26)25(22)13-15-27-2/h6-7,9-12,16,22,24H,4-5,8,13-15H2,1-3H3. The molecule has 0 saturated carbocycles. The predicted octanol–water partition coefficient (Wildman–Crippen LogP) is 4.48. The Morgan fingerprint density at radius 3 is 2.62 bits per heavy atom. The van der Waals surface area contributed by atoms with Gasteiger partial charge >= 0.3 is 0 Å². The Bertz CT molecular complexity index is 824. The third-order valence-electron chi connectivity index (χ3n) is 5.07. The van der Waals surface area contributed by atoms with E-state index in [0.717, 1.165) is 36.3 Å². The minimum atomic E-state index is -0.310. The SMILES string of the molecule is CCCCCOc1ccc(C2Nc3ccccc3C(=O)N2CCOC)cc1OC. The number of carbonyl (C=O) groups is 1. The zero-order chi connectivity index (χ0) is 20.6. The van der Waals surface area contributed by atoms with Gasteiger partial charge in [0.25, 0.3) is 5.91 Å². The average molecular weight is 399 g/mol. The lowest BCUT2D eigenvalue weighted by molar-refractivity contribution is 0.0609. The van der Waals surface area contributed by atoms with Crippen LogP contribution in [0.1, 0.15) is 48.3 Å². The van der Waals surface area contributed by atoms with Crippen molar-refractivity contribution in [3.63, 3.8) is 0 Å². The van der Waals surface area contributed by atoms with E-state index in [1.807, 2.05) is 42.5 Å². The highest BCUT2D eigenvalue weighted by molar-refractivity contribution is 6.01. The third-order valence-corrected chi connectivity index (χ3v) is 5.07. The van der Waals surface area contributed by atoms with E-state index in [1.165, 1.54) is 0 Å². The first-order valence-corrected chi connectivity index (χ1v) is 10.2. The third kappa shape index (κ3) is 4.82. The summed E-state index contributed by atoms with van der Waals surface area (Å²) in [6.07, 6.45) is 3.00. The van der Waals surface area contributed by atoms with Gasteiger partial charge in [0, 0.05) is 19.3 Å². The van der Waals surface area contributed by atoms with Crippen LogP contribution in [0.2, 0.25) is 0 Å². The van der Waals surface area contributed by atoms with Gasteiger partial charge in [-0.15, -0.1) is 0 Å². The molecule has 0 radical (unpaired) electrons. The fraction of sp³-hybridized carbons (Fsp3) is 0.435. The summed E-state index contributed by atoms with van der Waals surface area (Å²) in [7, 11) is 3.27. The van der Waals surface area contributed by atoms with Crippen molar-refractivity contribution < 1.29 is 19.0 Å². The molecule has 29 heavy (non-hydrogen) atoms. The van der Waals surface area contributed by atoms with E-state index in [9.17, 15) is 4.79 Å². The molecule has 2 aromatic carbocycles.